The first-order chi connectivity index (χ1) is 5.17. The van der Waals surface area contributed by atoms with E-state index in [1.165, 1.54) is 0 Å². The van der Waals surface area contributed by atoms with Crippen LogP contribution in [0.4, 0.5) is 0 Å². The highest BCUT2D eigenvalue weighted by Gasteiger charge is 2.14. The molecule has 0 saturated heterocycles. The molecule has 0 aromatic rings. The zero-order valence-corrected chi connectivity index (χ0v) is 7.19. The van der Waals surface area contributed by atoms with E-state index in [4.69, 9.17) is 0 Å². The first kappa shape index (κ1) is 8.33. The third-order valence-electron chi connectivity index (χ3n) is 1.49. The summed E-state index contributed by atoms with van der Waals surface area (Å²) in [5.74, 6) is 0.152. The van der Waals surface area contributed by atoms with Crippen LogP contribution in [0.3, 0.4) is 0 Å². The van der Waals surface area contributed by atoms with Crippen molar-refractivity contribution in [1.29, 1.82) is 0 Å². The third-order valence-corrected chi connectivity index (χ3v) is 3.20. The summed E-state index contributed by atoms with van der Waals surface area (Å²) in [7, 11) is -3.02. The Kier molecular flexibility index (Phi) is 2.34. The van der Waals surface area contributed by atoms with Gasteiger partial charge in [-0.05, 0) is 6.08 Å². The predicted molar refractivity (Wildman–Crippen MR) is 44.7 cm³/mol. The van der Waals surface area contributed by atoms with Crippen LogP contribution in [0.15, 0.2) is 23.3 Å². The van der Waals surface area contributed by atoms with Crippen molar-refractivity contribution in [3.63, 3.8) is 0 Å². The Morgan fingerprint density at radius 2 is 2.36 bits per heavy atom. The van der Waals surface area contributed by atoms with E-state index in [1.54, 1.807) is 19.1 Å². The van der Waals surface area contributed by atoms with Gasteiger partial charge in [0, 0.05) is 6.54 Å². The monoisotopic (exact) mass is 173 g/mol. The van der Waals surface area contributed by atoms with Gasteiger partial charge in [-0.25, -0.2) is 8.42 Å². The van der Waals surface area contributed by atoms with Gasteiger partial charge >= 0.3 is 0 Å². The van der Waals surface area contributed by atoms with Crippen molar-refractivity contribution in [2.45, 2.75) is 6.92 Å². The van der Waals surface area contributed by atoms with Gasteiger partial charge < -0.3 is 5.32 Å². The van der Waals surface area contributed by atoms with Crippen LogP contribution in [-0.2, 0) is 9.84 Å². The lowest BCUT2D eigenvalue weighted by Crippen LogP contribution is -2.23. The molecule has 1 N–H and O–H groups in total. The van der Waals surface area contributed by atoms with E-state index in [0.717, 1.165) is 0 Å². The maximum absolute atomic E-state index is 11.2. The fourth-order valence-electron chi connectivity index (χ4n) is 0.811. The second-order valence-corrected chi connectivity index (χ2v) is 4.49. The van der Waals surface area contributed by atoms with Crippen molar-refractivity contribution in [1.82, 2.24) is 5.32 Å². The van der Waals surface area contributed by atoms with E-state index in [9.17, 15) is 8.42 Å². The zero-order chi connectivity index (χ0) is 8.32. The molecule has 0 spiro atoms. The number of hydrogen-bond acceptors (Lipinski definition) is 3. The Morgan fingerprint density at radius 3 is 2.82 bits per heavy atom. The molecule has 0 aromatic heterocycles. The average Bonchev–Trinajstić information content (AvgIpc) is 2.06. The van der Waals surface area contributed by atoms with Crippen LogP contribution in [0, 0.1) is 0 Å². The van der Waals surface area contributed by atoms with E-state index in [2.05, 4.69) is 5.32 Å². The van der Waals surface area contributed by atoms with E-state index in [1.807, 2.05) is 6.08 Å². The highest BCUT2D eigenvalue weighted by Crippen LogP contribution is 2.06. The SMILES string of the molecule is CCS(=O)(=O)C1=CC=CCN1. The molecule has 0 amide bonds. The summed E-state index contributed by atoms with van der Waals surface area (Å²) in [6, 6.07) is 0. The van der Waals surface area contributed by atoms with E-state index in [-0.39, 0.29) is 5.75 Å². The number of nitrogens with one attached hydrogen (secondary N) is 1. The molecule has 0 bridgehead atoms. The smallest absolute Gasteiger partial charge is 0.192 e. The van der Waals surface area contributed by atoms with Crippen molar-refractivity contribution in [2.24, 2.45) is 0 Å². The summed E-state index contributed by atoms with van der Waals surface area (Å²) in [6.07, 6.45) is 5.20. The number of hydrogen-bond donors (Lipinski definition) is 1. The summed E-state index contributed by atoms with van der Waals surface area (Å²) in [5, 5.41) is 3.13. The Morgan fingerprint density at radius 1 is 1.64 bits per heavy atom. The molecule has 1 aliphatic heterocycles. The van der Waals surface area contributed by atoms with Crippen LogP contribution in [0.25, 0.3) is 0 Å². The molecule has 0 saturated carbocycles. The van der Waals surface area contributed by atoms with E-state index in [0.29, 0.717) is 11.6 Å². The highest BCUT2D eigenvalue weighted by atomic mass is 32.2. The highest BCUT2D eigenvalue weighted by molar-refractivity contribution is 7.95. The predicted octanol–water partition coefficient (Wildman–Crippen LogP) is 0.422. The molecule has 11 heavy (non-hydrogen) atoms. The fourth-order valence-corrected chi connectivity index (χ4v) is 1.71. The average molecular weight is 173 g/mol. The van der Waals surface area contributed by atoms with Gasteiger partial charge in [0.25, 0.3) is 0 Å². The summed E-state index contributed by atoms with van der Waals surface area (Å²) < 4.78 is 22.4. The van der Waals surface area contributed by atoms with Crippen LogP contribution in [0.1, 0.15) is 6.92 Å². The zero-order valence-electron chi connectivity index (χ0n) is 6.37. The lowest BCUT2D eigenvalue weighted by Gasteiger charge is -2.10. The number of allylic oxidation sites excluding steroid dienone is 2. The van der Waals surface area contributed by atoms with Crippen molar-refractivity contribution < 1.29 is 8.42 Å². The molecule has 4 heteroatoms. The van der Waals surface area contributed by atoms with Gasteiger partial charge in [-0.1, -0.05) is 19.1 Å². The first-order valence-electron chi connectivity index (χ1n) is 3.50. The lowest BCUT2D eigenvalue weighted by atomic mass is 10.4. The fraction of sp³-hybridized carbons (Fsp3) is 0.429. The van der Waals surface area contributed by atoms with Crippen LogP contribution in [0.5, 0.6) is 0 Å². The summed E-state index contributed by atoms with van der Waals surface area (Å²) in [4.78, 5) is 0. The number of rotatable bonds is 2. The Bertz CT molecular complexity index is 288. The van der Waals surface area contributed by atoms with Gasteiger partial charge in [-0.3, -0.25) is 0 Å². The molecular formula is C7H11NO2S. The molecular weight excluding hydrogens is 162 g/mol. The molecule has 0 aliphatic carbocycles. The quantitative estimate of drug-likeness (QED) is 0.658. The second-order valence-electron chi connectivity index (χ2n) is 2.24. The Hall–Kier alpha value is -0.770. The molecule has 0 fully saturated rings. The van der Waals surface area contributed by atoms with E-state index >= 15 is 0 Å². The van der Waals surface area contributed by atoms with Gasteiger partial charge in [-0.2, -0.15) is 0 Å². The largest absolute Gasteiger partial charge is 0.372 e. The topological polar surface area (TPSA) is 46.2 Å². The minimum Gasteiger partial charge on any atom is -0.372 e. The van der Waals surface area contributed by atoms with Crippen LogP contribution in [-0.4, -0.2) is 20.7 Å². The third kappa shape index (κ3) is 1.83. The maximum Gasteiger partial charge on any atom is 0.192 e. The lowest BCUT2D eigenvalue weighted by molar-refractivity contribution is 0.599. The molecule has 0 atom stereocenters. The van der Waals surface area contributed by atoms with Crippen LogP contribution in [0.2, 0.25) is 0 Å². The van der Waals surface area contributed by atoms with Crippen molar-refractivity contribution in [3.8, 4) is 0 Å². The minimum absolute atomic E-state index is 0.152. The van der Waals surface area contributed by atoms with Crippen molar-refractivity contribution in [2.75, 3.05) is 12.3 Å². The molecule has 0 radical (unpaired) electrons. The number of dihydropyridines is 1. The molecule has 1 heterocycles. The normalized spacial score (nSPS) is 17.4. The summed E-state index contributed by atoms with van der Waals surface area (Å²) in [5.41, 5.74) is 0. The van der Waals surface area contributed by atoms with Crippen molar-refractivity contribution >= 4 is 9.84 Å². The van der Waals surface area contributed by atoms with Crippen molar-refractivity contribution in [3.05, 3.63) is 23.3 Å². The van der Waals surface area contributed by atoms with Gasteiger partial charge in [0.1, 0.15) is 5.03 Å². The summed E-state index contributed by atoms with van der Waals surface area (Å²) >= 11 is 0. The van der Waals surface area contributed by atoms with Gasteiger partial charge in [-0.15, -0.1) is 0 Å². The molecule has 62 valence electrons. The Labute approximate surface area is 66.7 Å². The van der Waals surface area contributed by atoms with Gasteiger partial charge in [0.2, 0.25) is 0 Å². The summed E-state index contributed by atoms with van der Waals surface area (Å²) in [6.45, 7) is 2.24. The van der Waals surface area contributed by atoms with E-state index < -0.39 is 9.84 Å². The number of sulfone groups is 1. The minimum atomic E-state index is -3.02. The molecule has 0 aromatic carbocycles. The molecule has 3 nitrogen and oxygen atoms in total. The standard InChI is InChI=1S/C7H11NO2S/c1-2-11(9,10)7-5-3-4-6-8-7/h3-5,8H,2,6H2,1H3. The van der Waals surface area contributed by atoms with Crippen LogP contribution < -0.4 is 5.32 Å². The molecule has 1 aliphatic rings. The van der Waals surface area contributed by atoms with Gasteiger partial charge in [0.15, 0.2) is 9.84 Å². The maximum atomic E-state index is 11.2. The van der Waals surface area contributed by atoms with Gasteiger partial charge in [0.05, 0.1) is 5.75 Å². The van der Waals surface area contributed by atoms with Crippen LogP contribution >= 0.6 is 0 Å². The second kappa shape index (κ2) is 3.09. The molecule has 1 rings (SSSR count). The first-order valence-corrected chi connectivity index (χ1v) is 5.15. The Balaban J connectivity index is 2.91. The molecule has 0 unspecified atom stereocenters.